The van der Waals surface area contributed by atoms with Gasteiger partial charge in [-0.1, -0.05) is 36.8 Å². The topological polar surface area (TPSA) is 21.3 Å². The predicted octanol–water partition coefficient (Wildman–Crippen LogP) is 4.04. The van der Waals surface area contributed by atoms with Crippen molar-refractivity contribution in [2.24, 2.45) is 0 Å². The lowest BCUT2D eigenvalue weighted by atomic mass is 9.97. The van der Waals surface area contributed by atoms with Crippen LogP contribution in [0.25, 0.3) is 0 Å². The summed E-state index contributed by atoms with van der Waals surface area (Å²) in [7, 11) is 1.69. The smallest absolute Gasteiger partial charge is 0.123 e. The van der Waals surface area contributed by atoms with Gasteiger partial charge in [0.25, 0.3) is 0 Å². The lowest BCUT2D eigenvalue weighted by Gasteiger charge is -2.20. The molecule has 0 aliphatic carbocycles. The van der Waals surface area contributed by atoms with Crippen molar-refractivity contribution in [1.29, 1.82) is 0 Å². The highest BCUT2D eigenvalue weighted by atomic mass is 19.1. The second kappa shape index (κ2) is 7.23. The number of rotatable bonds is 6. The fourth-order valence-corrected chi connectivity index (χ4v) is 2.54. The summed E-state index contributed by atoms with van der Waals surface area (Å²) in [5, 5.41) is 3.46. The molecule has 0 radical (unpaired) electrons. The molecule has 0 saturated heterocycles. The molecule has 0 heterocycles. The van der Waals surface area contributed by atoms with Crippen LogP contribution in [-0.4, -0.2) is 13.7 Å². The number of nitrogens with one attached hydrogen (secondary N) is 1. The molecule has 0 fully saturated rings. The van der Waals surface area contributed by atoms with Crippen LogP contribution in [0.4, 0.5) is 4.39 Å². The number of likely N-dealkylation sites (N-methyl/N-ethyl adjacent to an activating group) is 1. The molecule has 0 amide bonds. The van der Waals surface area contributed by atoms with E-state index in [2.05, 4.69) is 25.2 Å². The Bertz CT molecular complexity index is 580. The van der Waals surface area contributed by atoms with Crippen LogP contribution in [0.1, 0.15) is 29.7 Å². The summed E-state index contributed by atoms with van der Waals surface area (Å²) in [5.41, 5.74) is 3.45. The zero-order chi connectivity index (χ0) is 15.2. The SMILES string of the molecule is CCNC(Cc1cc(C)ccc1OC)c1ccc(F)cc1. The summed E-state index contributed by atoms with van der Waals surface area (Å²) in [6.45, 7) is 5.00. The number of methoxy groups -OCH3 is 1. The fraction of sp³-hybridized carbons (Fsp3) is 0.333. The van der Waals surface area contributed by atoms with Crippen LogP contribution in [0, 0.1) is 12.7 Å². The number of ether oxygens (including phenoxy) is 1. The highest BCUT2D eigenvalue weighted by Crippen LogP contribution is 2.26. The van der Waals surface area contributed by atoms with Gasteiger partial charge in [0.2, 0.25) is 0 Å². The van der Waals surface area contributed by atoms with E-state index < -0.39 is 0 Å². The van der Waals surface area contributed by atoms with Gasteiger partial charge in [0.15, 0.2) is 0 Å². The van der Waals surface area contributed by atoms with Crippen molar-refractivity contribution in [3.05, 3.63) is 65.0 Å². The van der Waals surface area contributed by atoms with E-state index in [-0.39, 0.29) is 11.9 Å². The Kier molecular flexibility index (Phi) is 5.34. The number of halogens is 1. The molecule has 2 nitrogen and oxygen atoms in total. The van der Waals surface area contributed by atoms with Gasteiger partial charge < -0.3 is 10.1 Å². The molecule has 112 valence electrons. The van der Waals surface area contributed by atoms with Crippen molar-refractivity contribution in [1.82, 2.24) is 5.32 Å². The van der Waals surface area contributed by atoms with Gasteiger partial charge >= 0.3 is 0 Å². The first-order valence-corrected chi connectivity index (χ1v) is 7.26. The molecule has 1 atom stereocenters. The third kappa shape index (κ3) is 4.05. The molecule has 0 aromatic heterocycles. The van der Waals surface area contributed by atoms with E-state index in [1.807, 2.05) is 24.3 Å². The maximum Gasteiger partial charge on any atom is 0.123 e. The van der Waals surface area contributed by atoms with E-state index in [9.17, 15) is 4.39 Å². The Morgan fingerprint density at radius 1 is 1.14 bits per heavy atom. The summed E-state index contributed by atoms with van der Waals surface area (Å²) < 4.78 is 18.5. The molecule has 0 aliphatic heterocycles. The average molecular weight is 287 g/mol. The van der Waals surface area contributed by atoms with Crippen molar-refractivity contribution < 1.29 is 9.13 Å². The predicted molar refractivity (Wildman–Crippen MR) is 84.3 cm³/mol. The van der Waals surface area contributed by atoms with Crippen molar-refractivity contribution >= 4 is 0 Å². The lowest BCUT2D eigenvalue weighted by Crippen LogP contribution is -2.23. The number of benzene rings is 2. The number of hydrogen-bond acceptors (Lipinski definition) is 2. The molecule has 0 spiro atoms. The molecule has 2 aromatic rings. The van der Waals surface area contributed by atoms with Crippen molar-refractivity contribution in [3.8, 4) is 5.75 Å². The monoisotopic (exact) mass is 287 g/mol. The lowest BCUT2D eigenvalue weighted by molar-refractivity contribution is 0.405. The van der Waals surface area contributed by atoms with Gasteiger partial charge in [0.05, 0.1) is 7.11 Å². The van der Waals surface area contributed by atoms with E-state index >= 15 is 0 Å². The Hall–Kier alpha value is -1.87. The Morgan fingerprint density at radius 3 is 2.48 bits per heavy atom. The van der Waals surface area contributed by atoms with Crippen LogP contribution in [0.5, 0.6) is 5.75 Å². The molecule has 3 heteroatoms. The van der Waals surface area contributed by atoms with Gasteiger partial charge in [0.1, 0.15) is 11.6 Å². The number of aryl methyl sites for hydroxylation is 1. The first kappa shape index (κ1) is 15.5. The fourth-order valence-electron chi connectivity index (χ4n) is 2.54. The number of hydrogen-bond donors (Lipinski definition) is 1. The van der Waals surface area contributed by atoms with Crippen LogP contribution in [0.3, 0.4) is 0 Å². The van der Waals surface area contributed by atoms with Gasteiger partial charge in [-0.15, -0.1) is 0 Å². The largest absolute Gasteiger partial charge is 0.496 e. The zero-order valence-electron chi connectivity index (χ0n) is 12.8. The van der Waals surface area contributed by atoms with E-state index in [0.717, 1.165) is 29.8 Å². The standard InChI is InChI=1S/C18H22FNO/c1-4-20-17(14-6-8-16(19)9-7-14)12-15-11-13(2)5-10-18(15)21-3/h5-11,17,20H,4,12H2,1-3H3. The maximum atomic E-state index is 13.1. The van der Waals surface area contributed by atoms with E-state index in [0.29, 0.717) is 0 Å². The first-order valence-electron chi connectivity index (χ1n) is 7.26. The molecule has 0 saturated carbocycles. The van der Waals surface area contributed by atoms with Crippen LogP contribution in [0.15, 0.2) is 42.5 Å². The van der Waals surface area contributed by atoms with E-state index in [4.69, 9.17) is 4.74 Å². The summed E-state index contributed by atoms with van der Waals surface area (Å²) in [5.74, 6) is 0.688. The highest BCUT2D eigenvalue weighted by Gasteiger charge is 2.14. The van der Waals surface area contributed by atoms with Crippen LogP contribution < -0.4 is 10.1 Å². The first-order chi connectivity index (χ1) is 10.1. The Balaban J connectivity index is 2.27. The van der Waals surface area contributed by atoms with Gasteiger partial charge in [-0.2, -0.15) is 0 Å². The van der Waals surface area contributed by atoms with Crippen molar-refractivity contribution in [2.45, 2.75) is 26.3 Å². The van der Waals surface area contributed by atoms with Crippen LogP contribution in [0.2, 0.25) is 0 Å². The maximum absolute atomic E-state index is 13.1. The minimum Gasteiger partial charge on any atom is -0.496 e. The molecular weight excluding hydrogens is 265 g/mol. The van der Waals surface area contributed by atoms with Crippen molar-refractivity contribution in [2.75, 3.05) is 13.7 Å². The Labute approximate surface area is 126 Å². The second-order valence-electron chi connectivity index (χ2n) is 5.18. The third-order valence-corrected chi connectivity index (χ3v) is 3.58. The minimum atomic E-state index is -0.206. The van der Waals surface area contributed by atoms with Gasteiger partial charge in [0, 0.05) is 6.04 Å². The zero-order valence-corrected chi connectivity index (χ0v) is 12.8. The van der Waals surface area contributed by atoms with Crippen LogP contribution in [-0.2, 0) is 6.42 Å². The molecule has 2 rings (SSSR count). The normalized spacial score (nSPS) is 12.2. The third-order valence-electron chi connectivity index (χ3n) is 3.58. The van der Waals surface area contributed by atoms with Crippen LogP contribution >= 0.6 is 0 Å². The second-order valence-corrected chi connectivity index (χ2v) is 5.18. The molecular formula is C18H22FNO. The highest BCUT2D eigenvalue weighted by molar-refractivity contribution is 5.38. The molecule has 0 aliphatic rings. The molecule has 1 unspecified atom stereocenters. The van der Waals surface area contributed by atoms with Gasteiger partial charge in [-0.05, 0) is 49.2 Å². The van der Waals surface area contributed by atoms with Gasteiger partial charge in [-0.25, -0.2) is 4.39 Å². The summed E-state index contributed by atoms with van der Waals surface area (Å²) >= 11 is 0. The van der Waals surface area contributed by atoms with E-state index in [1.165, 1.54) is 17.7 Å². The Morgan fingerprint density at radius 2 is 1.86 bits per heavy atom. The summed E-state index contributed by atoms with van der Waals surface area (Å²) in [6, 6.07) is 13.0. The summed E-state index contributed by atoms with van der Waals surface area (Å²) in [4.78, 5) is 0. The molecule has 21 heavy (non-hydrogen) atoms. The molecule has 2 aromatic carbocycles. The average Bonchev–Trinajstić information content (AvgIpc) is 2.48. The van der Waals surface area contributed by atoms with Crippen molar-refractivity contribution in [3.63, 3.8) is 0 Å². The summed E-state index contributed by atoms with van der Waals surface area (Å²) in [6.07, 6.45) is 0.810. The molecule has 0 bridgehead atoms. The molecule has 1 N–H and O–H groups in total. The quantitative estimate of drug-likeness (QED) is 0.866. The minimum absolute atomic E-state index is 0.145. The van der Waals surface area contributed by atoms with Gasteiger partial charge in [-0.3, -0.25) is 0 Å². The van der Waals surface area contributed by atoms with E-state index in [1.54, 1.807) is 7.11 Å².